The lowest BCUT2D eigenvalue weighted by Crippen LogP contribution is -2.38. The van der Waals surface area contributed by atoms with E-state index in [0.29, 0.717) is 12.1 Å². The molecule has 13 heavy (non-hydrogen) atoms. The zero-order valence-corrected chi connectivity index (χ0v) is 7.40. The van der Waals surface area contributed by atoms with Crippen LogP contribution < -0.4 is 11.5 Å². The molecule has 70 valence electrons. The quantitative estimate of drug-likeness (QED) is 0.632. The zero-order valence-electron chi connectivity index (χ0n) is 7.40. The minimum absolute atomic E-state index is 0.336. The molecular weight excluding hydrogens is 168 g/mol. The van der Waals surface area contributed by atoms with Crippen molar-refractivity contribution in [1.82, 2.24) is 9.97 Å². The number of amides is 1. The fraction of sp³-hybridized carbons (Fsp3) is 0.375. The van der Waals surface area contributed by atoms with E-state index in [4.69, 9.17) is 11.5 Å². The first-order chi connectivity index (χ1) is 6.09. The Hall–Kier alpha value is -1.49. The van der Waals surface area contributed by atoms with Gasteiger partial charge in [0.2, 0.25) is 5.91 Å². The van der Waals surface area contributed by atoms with Crippen molar-refractivity contribution >= 4 is 5.91 Å². The van der Waals surface area contributed by atoms with Crippen LogP contribution in [0.4, 0.5) is 0 Å². The molecule has 1 aromatic heterocycles. The van der Waals surface area contributed by atoms with Crippen LogP contribution in [0.3, 0.4) is 0 Å². The molecule has 0 saturated heterocycles. The van der Waals surface area contributed by atoms with Gasteiger partial charge in [-0.15, -0.1) is 0 Å². The molecule has 0 radical (unpaired) electrons. The highest BCUT2D eigenvalue weighted by atomic mass is 16.1. The zero-order chi connectivity index (χ0) is 9.84. The topological polar surface area (TPSA) is 94.9 Å². The second kappa shape index (κ2) is 3.95. The van der Waals surface area contributed by atoms with Crippen LogP contribution in [0.1, 0.15) is 11.4 Å². The average molecular weight is 180 g/mol. The molecule has 1 unspecified atom stereocenters. The van der Waals surface area contributed by atoms with Crippen molar-refractivity contribution in [2.24, 2.45) is 11.5 Å². The number of carbonyl (C=O) groups is 1. The van der Waals surface area contributed by atoms with Crippen molar-refractivity contribution in [3.8, 4) is 0 Å². The Morgan fingerprint density at radius 1 is 1.54 bits per heavy atom. The smallest absolute Gasteiger partial charge is 0.234 e. The predicted molar refractivity (Wildman–Crippen MR) is 47.6 cm³/mol. The molecule has 0 aliphatic rings. The van der Waals surface area contributed by atoms with Crippen LogP contribution in [-0.2, 0) is 11.2 Å². The summed E-state index contributed by atoms with van der Waals surface area (Å²) in [6.45, 7) is 1.84. The number of aromatic nitrogens is 2. The molecule has 1 heterocycles. The average Bonchev–Trinajstić information content (AvgIpc) is 2.08. The van der Waals surface area contributed by atoms with Crippen LogP contribution in [0.25, 0.3) is 0 Å². The molecule has 0 saturated carbocycles. The summed E-state index contributed by atoms with van der Waals surface area (Å²) in [4.78, 5) is 18.7. The van der Waals surface area contributed by atoms with Crippen LogP contribution in [0.2, 0.25) is 0 Å². The van der Waals surface area contributed by atoms with Gasteiger partial charge in [-0.3, -0.25) is 14.8 Å². The summed E-state index contributed by atoms with van der Waals surface area (Å²) in [5.41, 5.74) is 12.0. The first kappa shape index (κ1) is 9.60. The number of rotatable bonds is 3. The fourth-order valence-electron chi connectivity index (χ4n) is 0.851. The maximum absolute atomic E-state index is 10.6. The van der Waals surface area contributed by atoms with Crippen molar-refractivity contribution in [2.75, 3.05) is 0 Å². The van der Waals surface area contributed by atoms with Crippen molar-refractivity contribution in [3.05, 3.63) is 23.8 Å². The maximum atomic E-state index is 10.6. The van der Waals surface area contributed by atoms with Crippen LogP contribution in [0.15, 0.2) is 12.4 Å². The highest BCUT2D eigenvalue weighted by Gasteiger charge is 2.10. The van der Waals surface area contributed by atoms with E-state index in [2.05, 4.69) is 9.97 Å². The summed E-state index contributed by atoms with van der Waals surface area (Å²) >= 11 is 0. The first-order valence-corrected chi connectivity index (χ1v) is 3.92. The summed E-state index contributed by atoms with van der Waals surface area (Å²) in [5.74, 6) is -0.526. The van der Waals surface area contributed by atoms with Gasteiger partial charge in [-0.1, -0.05) is 0 Å². The normalized spacial score (nSPS) is 12.5. The van der Waals surface area contributed by atoms with E-state index in [1.807, 2.05) is 6.92 Å². The minimum atomic E-state index is -0.683. The van der Waals surface area contributed by atoms with Gasteiger partial charge in [-0.05, 0) is 6.92 Å². The molecule has 5 nitrogen and oxygen atoms in total. The summed E-state index contributed by atoms with van der Waals surface area (Å²) in [6.07, 6.45) is 3.56. The second-order valence-electron chi connectivity index (χ2n) is 2.86. The van der Waals surface area contributed by atoms with E-state index in [-0.39, 0.29) is 0 Å². The van der Waals surface area contributed by atoms with Crippen molar-refractivity contribution in [3.63, 3.8) is 0 Å². The van der Waals surface area contributed by atoms with Gasteiger partial charge in [-0.25, -0.2) is 0 Å². The molecular formula is C8H12N4O. The fourth-order valence-corrected chi connectivity index (χ4v) is 0.851. The number of nitrogens with zero attached hydrogens (tertiary/aromatic N) is 2. The molecule has 0 aliphatic heterocycles. The van der Waals surface area contributed by atoms with E-state index in [0.717, 1.165) is 5.69 Å². The van der Waals surface area contributed by atoms with Crippen LogP contribution in [0, 0.1) is 6.92 Å². The molecule has 0 fully saturated rings. The Bertz CT molecular complexity index is 296. The van der Waals surface area contributed by atoms with Gasteiger partial charge in [0.1, 0.15) is 0 Å². The Morgan fingerprint density at radius 3 is 2.69 bits per heavy atom. The molecule has 0 aliphatic carbocycles. The van der Waals surface area contributed by atoms with Gasteiger partial charge < -0.3 is 11.5 Å². The number of primary amides is 1. The van der Waals surface area contributed by atoms with Crippen molar-refractivity contribution in [1.29, 1.82) is 0 Å². The van der Waals surface area contributed by atoms with E-state index >= 15 is 0 Å². The van der Waals surface area contributed by atoms with E-state index in [1.165, 1.54) is 0 Å². The van der Waals surface area contributed by atoms with E-state index in [9.17, 15) is 4.79 Å². The largest absolute Gasteiger partial charge is 0.368 e. The lowest BCUT2D eigenvalue weighted by Gasteiger charge is -2.05. The van der Waals surface area contributed by atoms with Gasteiger partial charge >= 0.3 is 0 Å². The number of nitrogens with two attached hydrogens (primary N) is 2. The van der Waals surface area contributed by atoms with Gasteiger partial charge in [0.05, 0.1) is 17.4 Å². The van der Waals surface area contributed by atoms with Gasteiger partial charge in [0, 0.05) is 18.8 Å². The van der Waals surface area contributed by atoms with Crippen LogP contribution in [-0.4, -0.2) is 21.9 Å². The monoisotopic (exact) mass is 180 g/mol. The maximum Gasteiger partial charge on any atom is 0.234 e. The van der Waals surface area contributed by atoms with Crippen molar-refractivity contribution in [2.45, 2.75) is 19.4 Å². The summed E-state index contributed by atoms with van der Waals surface area (Å²) in [5, 5.41) is 0. The summed E-state index contributed by atoms with van der Waals surface area (Å²) in [7, 11) is 0. The Balaban J connectivity index is 2.64. The Kier molecular flexibility index (Phi) is 2.92. The van der Waals surface area contributed by atoms with Crippen LogP contribution in [0.5, 0.6) is 0 Å². The number of aryl methyl sites for hydroxylation is 1. The van der Waals surface area contributed by atoms with Crippen LogP contribution >= 0.6 is 0 Å². The molecule has 0 bridgehead atoms. The summed E-state index contributed by atoms with van der Waals surface area (Å²) in [6, 6.07) is -0.683. The number of carbonyl (C=O) groups excluding carboxylic acids is 1. The molecule has 5 heteroatoms. The molecule has 1 aromatic rings. The lowest BCUT2D eigenvalue weighted by atomic mass is 10.1. The van der Waals surface area contributed by atoms with E-state index < -0.39 is 11.9 Å². The minimum Gasteiger partial charge on any atom is -0.368 e. The summed E-state index contributed by atoms with van der Waals surface area (Å²) < 4.78 is 0. The molecule has 1 atom stereocenters. The molecule has 0 aromatic carbocycles. The SMILES string of the molecule is Cc1cnc(CC(N)C(N)=O)cn1. The molecule has 1 amide bonds. The molecule has 0 spiro atoms. The Labute approximate surface area is 76.2 Å². The van der Waals surface area contributed by atoms with Gasteiger partial charge in [-0.2, -0.15) is 0 Å². The highest BCUT2D eigenvalue weighted by molar-refractivity contribution is 5.79. The first-order valence-electron chi connectivity index (χ1n) is 3.92. The van der Waals surface area contributed by atoms with Gasteiger partial charge in [0.15, 0.2) is 0 Å². The second-order valence-corrected chi connectivity index (χ2v) is 2.86. The predicted octanol–water partition coefficient (Wildman–Crippen LogP) is -0.860. The standard InChI is InChI=1S/C8H12N4O/c1-5-3-12-6(4-11-5)2-7(9)8(10)13/h3-4,7H,2,9H2,1H3,(H2,10,13). The third kappa shape index (κ3) is 2.79. The third-order valence-corrected chi connectivity index (χ3v) is 1.63. The molecule has 1 rings (SSSR count). The Morgan fingerprint density at radius 2 is 2.23 bits per heavy atom. The van der Waals surface area contributed by atoms with E-state index in [1.54, 1.807) is 12.4 Å². The van der Waals surface area contributed by atoms with Gasteiger partial charge in [0.25, 0.3) is 0 Å². The highest BCUT2D eigenvalue weighted by Crippen LogP contribution is 1.97. The number of hydrogen-bond donors (Lipinski definition) is 2. The molecule has 4 N–H and O–H groups in total. The number of hydrogen-bond acceptors (Lipinski definition) is 4. The van der Waals surface area contributed by atoms with Crippen molar-refractivity contribution < 1.29 is 4.79 Å². The lowest BCUT2D eigenvalue weighted by molar-refractivity contribution is -0.119. The third-order valence-electron chi connectivity index (χ3n) is 1.63.